The van der Waals surface area contributed by atoms with Gasteiger partial charge in [-0.15, -0.1) is 0 Å². The molecular formula is C15H13F5N2O2. The molecule has 1 amide bonds. The second-order valence-electron chi connectivity index (χ2n) is 5.90. The first-order chi connectivity index (χ1) is 11.1. The SMILES string of the molecule is O=C(C1CC1)N1N=C(c2ccccc2)C[C@]1(O)C(F)(F)C(F)(F)F. The molecule has 3 rings (SSSR count). The van der Waals surface area contributed by atoms with Gasteiger partial charge in [0.25, 0.3) is 0 Å². The van der Waals surface area contributed by atoms with Gasteiger partial charge in [-0.25, -0.2) is 0 Å². The molecule has 1 atom stereocenters. The van der Waals surface area contributed by atoms with Crippen LogP contribution in [0, 0.1) is 5.92 Å². The van der Waals surface area contributed by atoms with E-state index in [-0.39, 0.29) is 16.3 Å². The summed E-state index contributed by atoms with van der Waals surface area (Å²) in [4.78, 5) is 12.1. The highest BCUT2D eigenvalue weighted by Crippen LogP contribution is 2.50. The largest absolute Gasteiger partial charge is 0.458 e. The standard InChI is InChI=1S/C15H13F5N2O2/c16-14(17,15(18,19)20)13(24)8-11(9-4-2-1-3-5-9)21-22(13)12(23)10-6-7-10/h1-5,10,24H,6-8H2/t13-/m0/s1. The smallest absolute Gasteiger partial charge is 0.364 e. The van der Waals surface area contributed by atoms with E-state index in [0.717, 1.165) is 0 Å². The molecule has 1 aliphatic carbocycles. The van der Waals surface area contributed by atoms with E-state index in [2.05, 4.69) is 5.10 Å². The van der Waals surface area contributed by atoms with E-state index in [9.17, 15) is 31.9 Å². The van der Waals surface area contributed by atoms with Crippen molar-refractivity contribution in [2.24, 2.45) is 11.0 Å². The number of hydrazone groups is 1. The minimum absolute atomic E-state index is 0.0690. The van der Waals surface area contributed by atoms with Gasteiger partial charge in [0.05, 0.1) is 5.71 Å². The van der Waals surface area contributed by atoms with Gasteiger partial charge >= 0.3 is 12.1 Å². The van der Waals surface area contributed by atoms with Gasteiger partial charge < -0.3 is 5.11 Å². The van der Waals surface area contributed by atoms with E-state index < -0.39 is 36.1 Å². The summed E-state index contributed by atoms with van der Waals surface area (Å²) in [5.74, 6) is -7.23. The quantitative estimate of drug-likeness (QED) is 0.854. The number of hydrogen-bond acceptors (Lipinski definition) is 3. The lowest BCUT2D eigenvalue weighted by Gasteiger charge is -2.38. The van der Waals surface area contributed by atoms with Gasteiger partial charge in [-0.05, 0) is 18.4 Å². The van der Waals surface area contributed by atoms with E-state index in [0.29, 0.717) is 12.8 Å². The molecule has 1 fully saturated rings. The van der Waals surface area contributed by atoms with Crippen molar-refractivity contribution in [1.29, 1.82) is 0 Å². The Labute approximate surface area is 133 Å². The molecule has 1 aromatic rings. The summed E-state index contributed by atoms with van der Waals surface area (Å²) in [5.41, 5.74) is -3.70. The Hall–Kier alpha value is -2.03. The van der Waals surface area contributed by atoms with Crippen molar-refractivity contribution in [2.45, 2.75) is 37.1 Å². The van der Waals surface area contributed by atoms with Crippen molar-refractivity contribution in [2.75, 3.05) is 0 Å². The zero-order valence-electron chi connectivity index (χ0n) is 12.2. The summed E-state index contributed by atoms with van der Waals surface area (Å²) in [6.45, 7) is 0. The van der Waals surface area contributed by atoms with Crippen LogP contribution in [0.15, 0.2) is 35.4 Å². The Morgan fingerprint density at radius 2 is 1.75 bits per heavy atom. The number of carbonyl (C=O) groups is 1. The first-order valence-electron chi connectivity index (χ1n) is 7.22. The molecule has 0 unspecified atom stereocenters. The molecule has 24 heavy (non-hydrogen) atoms. The van der Waals surface area contributed by atoms with Crippen molar-refractivity contribution in [3.05, 3.63) is 35.9 Å². The summed E-state index contributed by atoms with van der Waals surface area (Å²) >= 11 is 0. The van der Waals surface area contributed by atoms with Crippen LogP contribution in [0.3, 0.4) is 0 Å². The van der Waals surface area contributed by atoms with Crippen molar-refractivity contribution in [1.82, 2.24) is 5.01 Å². The summed E-state index contributed by atoms with van der Waals surface area (Å²) < 4.78 is 66.4. The molecule has 9 heteroatoms. The lowest BCUT2D eigenvalue weighted by atomic mass is 9.95. The monoisotopic (exact) mass is 348 g/mol. The lowest BCUT2D eigenvalue weighted by molar-refractivity contribution is -0.363. The van der Waals surface area contributed by atoms with E-state index >= 15 is 0 Å². The van der Waals surface area contributed by atoms with Crippen LogP contribution < -0.4 is 0 Å². The number of halogens is 5. The minimum Gasteiger partial charge on any atom is -0.364 e. The van der Waals surface area contributed by atoms with Crippen molar-refractivity contribution in [3.63, 3.8) is 0 Å². The number of rotatable bonds is 3. The second kappa shape index (κ2) is 5.23. The van der Waals surface area contributed by atoms with E-state index in [1.165, 1.54) is 12.1 Å². The van der Waals surface area contributed by atoms with Crippen LogP contribution >= 0.6 is 0 Å². The van der Waals surface area contributed by atoms with Crippen LogP contribution in [-0.4, -0.2) is 39.6 Å². The van der Waals surface area contributed by atoms with Gasteiger partial charge in [0.1, 0.15) is 0 Å². The third kappa shape index (κ3) is 2.47. The van der Waals surface area contributed by atoms with Gasteiger partial charge in [0, 0.05) is 12.3 Å². The average Bonchev–Trinajstić information content (AvgIpc) is 3.29. The summed E-state index contributed by atoms with van der Waals surface area (Å²) in [6, 6.07) is 7.63. The number of carbonyl (C=O) groups excluding carboxylic acids is 1. The molecule has 0 radical (unpaired) electrons. The first kappa shape index (κ1) is 16.8. The van der Waals surface area contributed by atoms with Gasteiger partial charge in [0.2, 0.25) is 11.6 Å². The molecule has 0 saturated heterocycles. The number of alkyl halides is 5. The topological polar surface area (TPSA) is 52.9 Å². The van der Waals surface area contributed by atoms with Crippen LogP contribution in [-0.2, 0) is 4.79 Å². The van der Waals surface area contributed by atoms with Crippen LogP contribution in [0.25, 0.3) is 0 Å². The van der Waals surface area contributed by atoms with Gasteiger partial charge in [-0.3, -0.25) is 4.79 Å². The Morgan fingerprint density at radius 3 is 2.25 bits per heavy atom. The third-order valence-corrected chi connectivity index (χ3v) is 4.09. The zero-order valence-corrected chi connectivity index (χ0v) is 12.2. The van der Waals surface area contributed by atoms with Crippen molar-refractivity contribution >= 4 is 11.6 Å². The lowest BCUT2D eigenvalue weighted by Crippen LogP contribution is -2.64. The fourth-order valence-electron chi connectivity index (χ4n) is 2.54. The number of aliphatic hydroxyl groups is 1. The van der Waals surface area contributed by atoms with Gasteiger partial charge in [-0.1, -0.05) is 30.3 Å². The number of hydrogen-bond donors (Lipinski definition) is 1. The summed E-state index contributed by atoms with van der Waals surface area (Å²) in [6.07, 6.45) is -6.38. The fourth-order valence-corrected chi connectivity index (χ4v) is 2.54. The van der Waals surface area contributed by atoms with Gasteiger partial charge in [0.15, 0.2) is 0 Å². The van der Waals surface area contributed by atoms with Crippen LogP contribution in [0.2, 0.25) is 0 Å². The Bertz CT molecular complexity index is 685. The molecule has 0 bridgehead atoms. The number of benzene rings is 1. The van der Waals surface area contributed by atoms with Crippen LogP contribution in [0.5, 0.6) is 0 Å². The van der Waals surface area contributed by atoms with Gasteiger partial charge in [-0.2, -0.15) is 32.1 Å². The van der Waals surface area contributed by atoms with Crippen molar-refractivity contribution < 1.29 is 31.9 Å². The highest BCUT2D eigenvalue weighted by atomic mass is 19.4. The van der Waals surface area contributed by atoms with E-state index in [1.807, 2.05) is 0 Å². The summed E-state index contributed by atoms with van der Waals surface area (Å²) in [5, 5.41) is 13.8. The zero-order chi connectivity index (χ0) is 17.8. The summed E-state index contributed by atoms with van der Waals surface area (Å²) in [7, 11) is 0. The second-order valence-corrected chi connectivity index (χ2v) is 5.90. The minimum atomic E-state index is -6.02. The number of amides is 1. The molecule has 1 aliphatic heterocycles. The molecule has 4 nitrogen and oxygen atoms in total. The average molecular weight is 348 g/mol. The molecule has 2 aliphatic rings. The maximum absolute atomic E-state index is 14.0. The fraction of sp³-hybridized carbons (Fsp3) is 0.467. The Balaban J connectivity index is 2.04. The molecule has 1 N–H and O–H groups in total. The molecule has 1 heterocycles. The predicted octanol–water partition coefficient (Wildman–Crippen LogP) is 2.92. The Kier molecular flexibility index (Phi) is 3.67. The predicted molar refractivity (Wildman–Crippen MR) is 73.1 cm³/mol. The Morgan fingerprint density at radius 1 is 1.17 bits per heavy atom. The molecule has 1 saturated carbocycles. The van der Waals surface area contributed by atoms with Crippen LogP contribution in [0.1, 0.15) is 24.8 Å². The van der Waals surface area contributed by atoms with Crippen LogP contribution in [0.4, 0.5) is 22.0 Å². The molecule has 0 aromatic heterocycles. The molecule has 130 valence electrons. The highest BCUT2D eigenvalue weighted by Gasteiger charge is 2.75. The maximum Gasteiger partial charge on any atom is 0.458 e. The highest BCUT2D eigenvalue weighted by molar-refractivity contribution is 6.03. The normalized spacial score (nSPS) is 24.9. The molecule has 0 spiro atoms. The maximum atomic E-state index is 14.0. The van der Waals surface area contributed by atoms with E-state index in [4.69, 9.17) is 0 Å². The third-order valence-electron chi connectivity index (χ3n) is 4.09. The first-order valence-corrected chi connectivity index (χ1v) is 7.22. The van der Waals surface area contributed by atoms with E-state index in [1.54, 1.807) is 18.2 Å². The van der Waals surface area contributed by atoms with Crippen molar-refractivity contribution in [3.8, 4) is 0 Å². The molecule has 1 aromatic carbocycles. The molecular weight excluding hydrogens is 335 g/mol. The number of nitrogens with zero attached hydrogens (tertiary/aromatic N) is 2.